The first-order valence-corrected chi connectivity index (χ1v) is 11.2. The van der Waals surface area contributed by atoms with E-state index >= 15 is 0 Å². The lowest BCUT2D eigenvalue weighted by Gasteiger charge is -2.36. The van der Waals surface area contributed by atoms with Crippen molar-refractivity contribution < 1.29 is 0 Å². The molecule has 5 nitrogen and oxygen atoms in total. The highest BCUT2D eigenvalue weighted by Crippen LogP contribution is 2.17. The number of likely N-dealkylation sites (tertiary alicyclic amines) is 2. The average Bonchev–Trinajstić information content (AvgIpc) is 3.32. The van der Waals surface area contributed by atoms with Gasteiger partial charge in [-0.15, -0.1) is 0 Å². The van der Waals surface area contributed by atoms with E-state index in [-0.39, 0.29) is 0 Å². The van der Waals surface area contributed by atoms with Crippen molar-refractivity contribution in [1.82, 2.24) is 19.6 Å². The normalized spacial score (nSPS) is 27.7. The van der Waals surface area contributed by atoms with E-state index in [1.807, 2.05) is 0 Å². The van der Waals surface area contributed by atoms with Crippen LogP contribution in [0.1, 0.15) is 18.4 Å². The van der Waals surface area contributed by atoms with E-state index in [0.29, 0.717) is 0 Å². The largest absolute Gasteiger partial charge is 0.330 e. The summed E-state index contributed by atoms with van der Waals surface area (Å²) in [5.74, 6) is 1.68. The summed E-state index contributed by atoms with van der Waals surface area (Å²) in [4.78, 5) is 10.1. The summed E-state index contributed by atoms with van der Waals surface area (Å²) in [5.41, 5.74) is 6.91. The zero-order chi connectivity index (χ0) is 19.8. The predicted molar refractivity (Wildman–Crippen MR) is 118 cm³/mol. The zero-order valence-corrected chi connectivity index (χ0v) is 18.1. The van der Waals surface area contributed by atoms with Gasteiger partial charge in [0, 0.05) is 52.4 Å². The molecule has 0 aromatic heterocycles. The van der Waals surface area contributed by atoms with Crippen LogP contribution in [-0.2, 0) is 6.54 Å². The maximum atomic E-state index is 5.47. The third-order valence-corrected chi connectivity index (χ3v) is 6.54. The summed E-state index contributed by atoms with van der Waals surface area (Å²) in [6.07, 6.45) is 2.69. The Kier molecular flexibility index (Phi) is 8.74. The molecule has 0 bridgehead atoms. The fourth-order valence-corrected chi connectivity index (χ4v) is 4.73. The maximum Gasteiger partial charge on any atom is 0.0234 e. The van der Waals surface area contributed by atoms with Crippen LogP contribution in [0.4, 0.5) is 0 Å². The molecule has 5 heteroatoms. The van der Waals surface area contributed by atoms with Crippen LogP contribution in [0.3, 0.4) is 0 Å². The number of hydrogen-bond acceptors (Lipinski definition) is 5. The summed E-state index contributed by atoms with van der Waals surface area (Å²) < 4.78 is 0. The summed E-state index contributed by atoms with van der Waals surface area (Å²) in [6, 6.07) is 10.9. The maximum absolute atomic E-state index is 5.47. The van der Waals surface area contributed by atoms with E-state index in [0.717, 1.165) is 24.9 Å². The molecule has 0 saturated carbocycles. The van der Waals surface area contributed by atoms with Crippen LogP contribution in [0.5, 0.6) is 0 Å². The molecule has 1 aromatic carbocycles. The standard InChI is InChI=1S/C17H27N3.C6H14N2/c1-18-8-7-17(13-18)15-20-11-9-19(10-12-20)14-16-5-3-2-4-6-16;1-8-3-2-6(4-7)5-8/h2-6,17H,7-15H2,1H3;6H,2-5,7H2,1H3. The highest BCUT2D eigenvalue weighted by atomic mass is 15.3. The fourth-order valence-electron chi connectivity index (χ4n) is 4.73. The summed E-state index contributed by atoms with van der Waals surface area (Å²) in [5, 5.41) is 0. The van der Waals surface area contributed by atoms with E-state index in [1.54, 1.807) is 0 Å². The van der Waals surface area contributed by atoms with Crippen LogP contribution < -0.4 is 5.73 Å². The molecular formula is C23H41N5. The van der Waals surface area contributed by atoms with E-state index in [4.69, 9.17) is 5.73 Å². The van der Waals surface area contributed by atoms with Crippen LogP contribution >= 0.6 is 0 Å². The smallest absolute Gasteiger partial charge is 0.0234 e. The summed E-state index contributed by atoms with van der Waals surface area (Å²) in [7, 11) is 4.40. The molecule has 2 N–H and O–H groups in total. The van der Waals surface area contributed by atoms with E-state index < -0.39 is 0 Å². The van der Waals surface area contributed by atoms with Crippen molar-refractivity contribution in [3.05, 3.63) is 35.9 Å². The van der Waals surface area contributed by atoms with Gasteiger partial charge in [0.15, 0.2) is 0 Å². The number of rotatable bonds is 5. The van der Waals surface area contributed by atoms with Gasteiger partial charge < -0.3 is 20.4 Å². The summed E-state index contributed by atoms with van der Waals surface area (Å²) in [6.45, 7) is 13.2. The molecule has 0 aliphatic carbocycles. The third-order valence-electron chi connectivity index (χ3n) is 6.54. The van der Waals surface area contributed by atoms with Crippen molar-refractivity contribution in [2.45, 2.75) is 19.4 Å². The lowest BCUT2D eigenvalue weighted by Crippen LogP contribution is -2.47. The lowest BCUT2D eigenvalue weighted by molar-refractivity contribution is 0.114. The van der Waals surface area contributed by atoms with Crippen LogP contribution in [0.25, 0.3) is 0 Å². The molecule has 3 aliphatic heterocycles. The monoisotopic (exact) mass is 387 g/mol. The molecule has 3 fully saturated rings. The van der Waals surface area contributed by atoms with Crippen molar-refractivity contribution >= 4 is 0 Å². The van der Waals surface area contributed by atoms with Gasteiger partial charge in [-0.05, 0) is 64.0 Å². The highest BCUT2D eigenvalue weighted by molar-refractivity contribution is 5.14. The van der Waals surface area contributed by atoms with Crippen molar-refractivity contribution in [2.75, 3.05) is 79.5 Å². The number of nitrogens with zero attached hydrogens (tertiary/aromatic N) is 4. The minimum absolute atomic E-state index is 0.778. The minimum atomic E-state index is 0.778. The fraction of sp³-hybridized carbons (Fsp3) is 0.739. The van der Waals surface area contributed by atoms with Crippen molar-refractivity contribution in [2.24, 2.45) is 17.6 Å². The molecule has 3 heterocycles. The second kappa shape index (κ2) is 11.3. The number of hydrogen-bond donors (Lipinski definition) is 1. The van der Waals surface area contributed by atoms with Gasteiger partial charge >= 0.3 is 0 Å². The first-order valence-electron chi connectivity index (χ1n) is 11.2. The number of benzene rings is 1. The zero-order valence-electron chi connectivity index (χ0n) is 18.1. The molecule has 0 amide bonds. The van der Waals surface area contributed by atoms with Gasteiger partial charge in [0.1, 0.15) is 0 Å². The van der Waals surface area contributed by atoms with Gasteiger partial charge in [-0.2, -0.15) is 0 Å². The molecule has 3 saturated heterocycles. The highest BCUT2D eigenvalue weighted by Gasteiger charge is 2.24. The lowest BCUT2D eigenvalue weighted by atomic mass is 10.1. The first-order chi connectivity index (χ1) is 13.6. The number of nitrogens with two attached hydrogens (primary N) is 1. The second-order valence-corrected chi connectivity index (χ2v) is 9.13. The Hall–Kier alpha value is -0.980. The van der Waals surface area contributed by atoms with Gasteiger partial charge in [0.2, 0.25) is 0 Å². The van der Waals surface area contributed by atoms with Gasteiger partial charge in [0.25, 0.3) is 0 Å². The predicted octanol–water partition coefficient (Wildman–Crippen LogP) is 1.65. The van der Waals surface area contributed by atoms with Crippen molar-refractivity contribution in [3.8, 4) is 0 Å². The molecule has 0 spiro atoms. The molecular weight excluding hydrogens is 346 g/mol. The molecule has 2 unspecified atom stereocenters. The van der Waals surface area contributed by atoms with Gasteiger partial charge in [-0.25, -0.2) is 0 Å². The Morgan fingerprint density at radius 1 is 0.786 bits per heavy atom. The van der Waals surface area contributed by atoms with Crippen molar-refractivity contribution in [1.29, 1.82) is 0 Å². The molecule has 28 heavy (non-hydrogen) atoms. The molecule has 2 atom stereocenters. The Morgan fingerprint density at radius 2 is 1.36 bits per heavy atom. The Morgan fingerprint density at radius 3 is 1.86 bits per heavy atom. The van der Waals surface area contributed by atoms with Crippen LogP contribution in [0.2, 0.25) is 0 Å². The molecule has 3 aliphatic rings. The average molecular weight is 388 g/mol. The molecule has 158 valence electrons. The second-order valence-electron chi connectivity index (χ2n) is 9.13. The molecule has 0 radical (unpaired) electrons. The van der Waals surface area contributed by atoms with Gasteiger partial charge in [-0.1, -0.05) is 30.3 Å². The van der Waals surface area contributed by atoms with E-state index in [2.05, 4.69) is 64.0 Å². The van der Waals surface area contributed by atoms with Gasteiger partial charge in [0.05, 0.1) is 0 Å². The van der Waals surface area contributed by atoms with Crippen molar-refractivity contribution in [3.63, 3.8) is 0 Å². The Labute approximate surface area is 172 Å². The van der Waals surface area contributed by atoms with Crippen LogP contribution in [0.15, 0.2) is 30.3 Å². The Balaban J connectivity index is 0.000000236. The van der Waals surface area contributed by atoms with Crippen LogP contribution in [0, 0.1) is 11.8 Å². The molecule has 1 aromatic rings. The Bertz CT molecular complexity index is 543. The topological polar surface area (TPSA) is 39.0 Å². The number of piperazine rings is 1. The summed E-state index contributed by atoms with van der Waals surface area (Å²) >= 11 is 0. The molecule has 4 rings (SSSR count). The van der Waals surface area contributed by atoms with E-state index in [1.165, 1.54) is 77.3 Å². The third kappa shape index (κ3) is 7.12. The SMILES string of the molecule is CN1CCC(CN)C1.CN1CCC(CN2CCN(Cc3ccccc3)CC2)C1. The first kappa shape index (κ1) is 21.7. The van der Waals surface area contributed by atoms with Crippen LogP contribution in [-0.4, -0.2) is 99.1 Å². The quantitative estimate of drug-likeness (QED) is 0.832. The minimum Gasteiger partial charge on any atom is -0.330 e. The van der Waals surface area contributed by atoms with Gasteiger partial charge in [-0.3, -0.25) is 4.90 Å². The van der Waals surface area contributed by atoms with E-state index in [9.17, 15) is 0 Å².